The first-order valence-electron chi connectivity index (χ1n) is 4.37. The zero-order valence-electron chi connectivity index (χ0n) is 7.88. The SMILES string of the molecule is NC(=O)c1ccncc1Cc1cocn1. The van der Waals surface area contributed by atoms with Gasteiger partial charge in [0.1, 0.15) is 6.26 Å². The monoisotopic (exact) mass is 203 g/mol. The normalized spacial score (nSPS) is 10.1. The number of carbonyl (C=O) groups excluding carboxylic acids is 1. The third kappa shape index (κ3) is 2.01. The van der Waals surface area contributed by atoms with Crippen molar-refractivity contribution in [2.24, 2.45) is 5.73 Å². The van der Waals surface area contributed by atoms with Crippen LogP contribution in [-0.2, 0) is 6.42 Å². The Labute approximate surface area is 86.0 Å². The Bertz CT molecular complexity index is 465. The molecular weight excluding hydrogens is 194 g/mol. The number of amides is 1. The van der Waals surface area contributed by atoms with Crippen LogP contribution in [0.25, 0.3) is 0 Å². The minimum Gasteiger partial charge on any atom is -0.451 e. The molecule has 0 radical (unpaired) electrons. The van der Waals surface area contributed by atoms with E-state index in [2.05, 4.69) is 9.97 Å². The van der Waals surface area contributed by atoms with E-state index in [9.17, 15) is 4.79 Å². The summed E-state index contributed by atoms with van der Waals surface area (Å²) in [6, 6.07) is 1.59. The maximum absolute atomic E-state index is 11.1. The van der Waals surface area contributed by atoms with Crippen molar-refractivity contribution in [3.8, 4) is 0 Å². The number of hydrogen-bond acceptors (Lipinski definition) is 4. The van der Waals surface area contributed by atoms with E-state index in [0.717, 1.165) is 11.3 Å². The molecule has 2 aromatic heterocycles. The molecule has 2 heterocycles. The molecule has 0 aliphatic heterocycles. The first-order chi connectivity index (χ1) is 7.27. The molecule has 76 valence electrons. The third-order valence-electron chi connectivity index (χ3n) is 2.02. The minimum absolute atomic E-state index is 0.462. The Morgan fingerprint density at radius 3 is 3.07 bits per heavy atom. The molecule has 0 aromatic carbocycles. The molecule has 1 amide bonds. The second-order valence-corrected chi connectivity index (χ2v) is 3.05. The molecule has 5 heteroatoms. The van der Waals surface area contributed by atoms with Crippen LogP contribution < -0.4 is 5.73 Å². The maximum atomic E-state index is 11.1. The van der Waals surface area contributed by atoms with E-state index in [1.807, 2.05) is 0 Å². The van der Waals surface area contributed by atoms with Gasteiger partial charge in [0.15, 0.2) is 6.39 Å². The van der Waals surface area contributed by atoms with Crippen LogP contribution in [0.2, 0.25) is 0 Å². The fraction of sp³-hybridized carbons (Fsp3) is 0.100. The van der Waals surface area contributed by atoms with Crippen molar-refractivity contribution >= 4 is 5.91 Å². The van der Waals surface area contributed by atoms with Gasteiger partial charge in [-0.3, -0.25) is 9.78 Å². The number of rotatable bonds is 3. The van der Waals surface area contributed by atoms with Crippen LogP contribution in [0.1, 0.15) is 21.6 Å². The van der Waals surface area contributed by atoms with Gasteiger partial charge in [0.25, 0.3) is 0 Å². The summed E-state index contributed by atoms with van der Waals surface area (Å²) in [6.45, 7) is 0. The molecule has 0 bridgehead atoms. The number of carbonyl (C=O) groups is 1. The van der Waals surface area contributed by atoms with Crippen LogP contribution in [0.15, 0.2) is 35.5 Å². The Morgan fingerprint density at radius 2 is 2.40 bits per heavy atom. The van der Waals surface area contributed by atoms with E-state index in [1.54, 1.807) is 12.3 Å². The largest absolute Gasteiger partial charge is 0.451 e. The lowest BCUT2D eigenvalue weighted by atomic mass is 10.1. The molecule has 0 saturated heterocycles. The van der Waals surface area contributed by atoms with Crippen LogP contribution in [0.3, 0.4) is 0 Å². The highest BCUT2D eigenvalue weighted by molar-refractivity contribution is 5.94. The highest BCUT2D eigenvalue weighted by atomic mass is 16.3. The van der Waals surface area contributed by atoms with E-state index in [0.29, 0.717) is 12.0 Å². The first-order valence-corrected chi connectivity index (χ1v) is 4.37. The molecule has 2 N–H and O–H groups in total. The molecular formula is C10H9N3O2. The fourth-order valence-electron chi connectivity index (χ4n) is 1.33. The number of primary amides is 1. The number of nitrogens with two attached hydrogens (primary N) is 1. The average Bonchev–Trinajstić information content (AvgIpc) is 2.71. The number of hydrogen-bond donors (Lipinski definition) is 1. The Kier molecular flexibility index (Phi) is 2.45. The molecule has 0 atom stereocenters. The van der Waals surface area contributed by atoms with Gasteiger partial charge in [-0.2, -0.15) is 0 Å². The summed E-state index contributed by atoms with van der Waals surface area (Å²) in [5, 5.41) is 0. The zero-order valence-corrected chi connectivity index (χ0v) is 7.88. The van der Waals surface area contributed by atoms with Crippen LogP contribution in [0.4, 0.5) is 0 Å². The number of aromatic nitrogens is 2. The maximum Gasteiger partial charge on any atom is 0.249 e. The standard InChI is InChI=1S/C10H9N3O2/c11-10(14)9-1-2-12-4-7(9)3-8-5-15-6-13-8/h1-2,4-6H,3H2,(H2,11,14). The van der Waals surface area contributed by atoms with E-state index >= 15 is 0 Å². The lowest BCUT2D eigenvalue weighted by molar-refractivity contribution is 0.0999. The molecule has 15 heavy (non-hydrogen) atoms. The molecule has 0 saturated carbocycles. The van der Waals surface area contributed by atoms with Crippen molar-refractivity contribution < 1.29 is 9.21 Å². The minimum atomic E-state index is -0.462. The number of pyridine rings is 1. The average molecular weight is 203 g/mol. The molecule has 0 unspecified atom stereocenters. The summed E-state index contributed by atoms with van der Waals surface area (Å²) in [7, 11) is 0. The predicted molar refractivity (Wildman–Crippen MR) is 52.1 cm³/mol. The van der Waals surface area contributed by atoms with Crippen molar-refractivity contribution in [1.29, 1.82) is 0 Å². The molecule has 2 rings (SSSR count). The van der Waals surface area contributed by atoms with Gasteiger partial charge in [-0.15, -0.1) is 0 Å². The van der Waals surface area contributed by atoms with Crippen molar-refractivity contribution in [3.05, 3.63) is 47.9 Å². The number of nitrogens with zero attached hydrogens (tertiary/aromatic N) is 2. The van der Waals surface area contributed by atoms with Crippen LogP contribution >= 0.6 is 0 Å². The second-order valence-electron chi connectivity index (χ2n) is 3.05. The third-order valence-corrected chi connectivity index (χ3v) is 2.02. The van der Waals surface area contributed by atoms with Crippen LogP contribution in [0.5, 0.6) is 0 Å². The van der Waals surface area contributed by atoms with E-state index < -0.39 is 5.91 Å². The van der Waals surface area contributed by atoms with Gasteiger partial charge < -0.3 is 10.2 Å². The smallest absolute Gasteiger partial charge is 0.249 e. The Hall–Kier alpha value is -2.17. The molecule has 0 fully saturated rings. The van der Waals surface area contributed by atoms with Crippen molar-refractivity contribution in [2.45, 2.75) is 6.42 Å². The summed E-state index contributed by atoms with van der Waals surface area (Å²) in [6.07, 6.45) is 6.50. The van der Waals surface area contributed by atoms with Crippen LogP contribution in [0, 0.1) is 0 Å². The number of oxazole rings is 1. The highest BCUT2D eigenvalue weighted by Crippen LogP contribution is 2.11. The summed E-state index contributed by atoms with van der Waals surface area (Å²) in [5.41, 5.74) is 7.19. The molecule has 0 spiro atoms. The van der Waals surface area contributed by atoms with Gasteiger partial charge in [-0.1, -0.05) is 0 Å². The lowest BCUT2D eigenvalue weighted by Crippen LogP contribution is -2.14. The zero-order chi connectivity index (χ0) is 10.7. The summed E-state index contributed by atoms with van der Waals surface area (Å²) >= 11 is 0. The topological polar surface area (TPSA) is 82.0 Å². The van der Waals surface area contributed by atoms with E-state index in [-0.39, 0.29) is 0 Å². The van der Waals surface area contributed by atoms with E-state index in [1.165, 1.54) is 18.9 Å². The van der Waals surface area contributed by atoms with Crippen molar-refractivity contribution in [2.75, 3.05) is 0 Å². The summed E-state index contributed by atoms with van der Waals surface area (Å²) < 4.78 is 4.84. The van der Waals surface area contributed by atoms with Gasteiger partial charge in [-0.25, -0.2) is 4.98 Å². The lowest BCUT2D eigenvalue weighted by Gasteiger charge is -2.02. The first kappa shape index (κ1) is 9.39. The quantitative estimate of drug-likeness (QED) is 0.798. The summed E-state index contributed by atoms with van der Waals surface area (Å²) in [4.78, 5) is 19.0. The van der Waals surface area contributed by atoms with Gasteiger partial charge in [0.2, 0.25) is 5.91 Å². The molecule has 2 aromatic rings. The van der Waals surface area contributed by atoms with Gasteiger partial charge in [-0.05, 0) is 11.6 Å². The summed E-state index contributed by atoms with van der Waals surface area (Å²) in [5.74, 6) is -0.462. The predicted octanol–water partition coefficient (Wildman–Crippen LogP) is 0.759. The van der Waals surface area contributed by atoms with Gasteiger partial charge in [0.05, 0.1) is 5.69 Å². The molecule has 0 aliphatic carbocycles. The second kappa shape index (κ2) is 3.91. The van der Waals surface area contributed by atoms with Crippen LogP contribution in [-0.4, -0.2) is 15.9 Å². The Balaban J connectivity index is 2.32. The van der Waals surface area contributed by atoms with Gasteiger partial charge in [0, 0.05) is 24.4 Å². The molecule has 5 nitrogen and oxygen atoms in total. The van der Waals surface area contributed by atoms with Crippen molar-refractivity contribution in [3.63, 3.8) is 0 Å². The Morgan fingerprint density at radius 1 is 1.53 bits per heavy atom. The van der Waals surface area contributed by atoms with Crippen molar-refractivity contribution in [1.82, 2.24) is 9.97 Å². The highest BCUT2D eigenvalue weighted by Gasteiger charge is 2.09. The van der Waals surface area contributed by atoms with Gasteiger partial charge >= 0.3 is 0 Å². The fourth-order valence-corrected chi connectivity index (χ4v) is 1.33. The molecule has 0 aliphatic rings. The van der Waals surface area contributed by atoms with E-state index in [4.69, 9.17) is 10.2 Å².